The molecule has 0 heterocycles. The van der Waals surface area contributed by atoms with Crippen LogP contribution >= 0.6 is 0 Å². The van der Waals surface area contributed by atoms with Crippen LogP contribution in [0.3, 0.4) is 0 Å². The summed E-state index contributed by atoms with van der Waals surface area (Å²) in [7, 11) is 1.39. The molecule has 0 aromatic heterocycles. The topological polar surface area (TPSA) is 81.4 Å². The van der Waals surface area contributed by atoms with E-state index in [1.54, 1.807) is 0 Å². The van der Waals surface area contributed by atoms with E-state index in [0.29, 0.717) is 5.41 Å². The van der Waals surface area contributed by atoms with Gasteiger partial charge in [-0.3, -0.25) is 14.4 Å². The number of hydrogen-bond donors (Lipinski definition) is 2. The highest BCUT2D eigenvalue weighted by molar-refractivity contribution is 5.86. The lowest BCUT2D eigenvalue weighted by Gasteiger charge is -2.33. The highest BCUT2D eigenvalue weighted by Crippen LogP contribution is 2.58. The molecule has 0 saturated heterocycles. The first-order valence-electron chi connectivity index (χ1n) is 5.70. The van der Waals surface area contributed by atoms with Crippen LogP contribution in [0.2, 0.25) is 0 Å². The summed E-state index contributed by atoms with van der Waals surface area (Å²) in [4.78, 5) is 27.7. The zero-order valence-electron chi connectivity index (χ0n) is 9.49. The predicted molar refractivity (Wildman–Crippen MR) is 56.8 cm³/mol. The molecule has 2 fully saturated rings. The quantitative estimate of drug-likeness (QED) is 0.681. The van der Waals surface area contributed by atoms with Gasteiger partial charge in [-0.25, -0.2) is 5.48 Å². The fraction of sp³-hybridized carbons (Fsp3) is 0.818. The first-order chi connectivity index (χ1) is 7.58. The van der Waals surface area contributed by atoms with Crippen molar-refractivity contribution in [1.82, 2.24) is 5.48 Å². The summed E-state index contributed by atoms with van der Waals surface area (Å²) in [5, 5.41) is 0. The average molecular weight is 226 g/mol. The van der Waals surface area contributed by atoms with E-state index in [2.05, 4.69) is 10.3 Å². The minimum atomic E-state index is -0.359. The summed E-state index contributed by atoms with van der Waals surface area (Å²) in [6.45, 7) is 0. The molecule has 2 amide bonds. The molecule has 0 bridgehead atoms. The number of hydroxylamine groups is 1. The van der Waals surface area contributed by atoms with E-state index in [0.717, 1.165) is 19.3 Å². The van der Waals surface area contributed by atoms with E-state index < -0.39 is 0 Å². The van der Waals surface area contributed by atoms with Gasteiger partial charge in [0.05, 0.1) is 13.0 Å². The summed E-state index contributed by atoms with van der Waals surface area (Å²) in [5.41, 5.74) is 8.00. The highest BCUT2D eigenvalue weighted by Gasteiger charge is 2.51. The van der Waals surface area contributed by atoms with Crippen LogP contribution < -0.4 is 11.2 Å². The second-order valence-electron chi connectivity index (χ2n) is 5.03. The second-order valence-corrected chi connectivity index (χ2v) is 5.03. The van der Waals surface area contributed by atoms with Crippen molar-refractivity contribution in [3.05, 3.63) is 0 Å². The SMILES string of the molecule is CONC(=O)C1CCC2(CC2)CC1C(N)=O. The van der Waals surface area contributed by atoms with Crippen molar-refractivity contribution >= 4 is 11.8 Å². The van der Waals surface area contributed by atoms with Crippen LogP contribution in [-0.4, -0.2) is 18.9 Å². The largest absolute Gasteiger partial charge is 0.369 e. The number of nitrogens with two attached hydrogens (primary N) is 1. The van der Waals surface area contributed by atoms with Gasteiger partial charge in [-0.15, -0.1) is 0 Å². The average Bonchev–Trinajstić information content (AvgIpc) is 2.98. The van der Waals surface area contributed by atoms with E-state index in [4.69, 9.17) is 5.73 Å². The molecule has 2 unspecified atom stereocenters. The number of nitrogens with one attached hydrogen (secondary N) is 1. The number of hydrogen-bond acceptors (Lipinski definition) is 3. The van der Waals surface area contributed by atoms with Crippen molar-refractivity contribution in [2.45, 2.75) is 32.1 Å². The zero-order chi connectivity index (χ0) is 11.8. The first-order valence-corrected chi connectivity index (χ1v) is 5.70. The highest BCUT2D eigenvalue weighted by atomic mass is 16.6. The van der Waals surface area contributed by atoms with Gasteiger partial charge in [0.2, 0.25) is 11.8 Å². The molecule has 0 aliphatic heterocycles. The number of carbonyl (C=O) groups is 2. The lowest BCUT2D eigenvalue weighted by atomic mass is 9.71. The van der Waals surface area contributed by atoms with Crippen LogP contribution in [0.15, 0.2) is 0 Å². The van der Waals surface area contributed by atoms with E-state index in [-0.39, 0.29) is 23.7 Å². The normalized spacial score (nSPS) is 31.1. The predicted octanol–water partition coefficient (Wildman–Crippen LogP) is 0.346. The molecule has 90 valence electrons. The van der Waals surface area contributed by atoms with E-state index in [1.807, 2.05) is 0 Å². The molecule has 0 aromatic carbocycles. The molecule has 16 heavy (non-hydrogen) atoms. The fourth-order valence-electron chi connectivity index (χ4n) is 2.79. The summed E-state index contributed by atoms with van der Waals surface area (Å²) < 4.78 is 0. The molecule has 3 N–H and O–H groups in total. The molecule has 0 radical (unpaired) electrons. The Labute approximate surface area is 94.7 Å². The van der Waals surface area contributed by atoms with Gasteiger partial charge in [-0.05, 0) is 37.5 Å². The van der Waals surface area contributed by atoms with Crippen molar-refractivity contribution in [3.8, 4) is 0 Å². The minimum Gasteiger partial charge on any atom is -0.369 e. The van der Waals surface area contributed by atoms with Crippen LogP contribution in [0.25, 0.3) is 0 Å². The van der Waals surface area contributed by atoms with Crippen molar-refractivity contribution < 1.29 is 14.4 Å². The Morgan fingerprint density at radius 3 is 2.50 bits per heavy atom. The van der Waals surface area contributed by atoms with E-state index in [9.17, 15) is 9.59 Å². The number of primary amides is 1. The molecular weight excluding hydrogens is 208 g/mol. The fourth-order valence-corrected chi connectivity index (χ4v) is 2.79. The third kappa shape index (κ3) is 2.04. The minimum absolute atomic E-state index is 0.221. The Morgan fingerprint density at radius 1 is 1.31 bits per heavy atom. The zero-order valence-corrected chi connectivity index (χ0v) is 9.49. The van der Waals surface area contributed by atoms with Crippen molar-refractivity contribution in [2.24, 2.45) is 23.0 Å². The third-order valence-corrected chi connectivity index (χ3v) is 3.99. The second kappa shape index (κ2) is 4.05. The third-order valence-electron chi connectivity index (χ3n) is 3.99. The Hall–Kier alpha value is -1.10. The van der Waals surface area contributed by atoms with Crippen LogP contribution in [0, 0.1) is 17.3 Å². The van der Waals surface area contributed by atoms with Gasteiger partial charge in [0, 0.05) is 5.92 Å². The van der Waals surface area contributed by atoms with Gasteiger partial charge in [0.1, 0.15) is 0 Å². The number of rotatable bonds is 3. The van der Waals surface area contributed by atoms with Gasteiger partial charge >= 0.3 is 0 Å². The molecule has 2 aliphatic rings. The molecule has 2 rings (SSSR count). The van der Waals surface area contributed by atoms with Crippen molar-refractivity contribution in [1.29, 1.82) is 0 Å². The van der Waals surface area contributed by atoms with E-state index in [1.165, 1.54) is 20.0 Å². The number of carbonyl (C=O) groups excluding carboxylic acids is 2. The lowest BCUT2D eigenvalue weighted by Crippen LogP contribution is -2.43. The Kier molecular flexibility index (Phi) is 2.88. The Morgan fingerprint density at radius 2 is 2.00 bits per heavy atom. The molecule has 1 spiro atoms. The van der Waals surface area contributed by atoms with Gasteiger partial charge in [0.15, 0.2) is 0 Å². The van der Waals surface area contributed by atoms with Crippen LogP contribution in [0.4, 0.5) is 0 Å². The van der Waals surface area contributed by atoms with Crippen molar-refractivity contribution in [3.63, 3.8) is 0 Å². The Balaban J connectivity index is 2.05. The molecule has 0 aromatic rings. The smallest absolute Gasteiger partial charge is 0.247 e. The monoisotopic (exact) mass is 226 g/mol. The van der Waals surface area contributed by atoms with Crippen LogP contribution in [0.5, 0.6) is 0 Å². The van der Waals surface area contributed by atoms with E-state index >= 15 is 0 Å². The maximum atomic E-state index is 11.7. The number of amides is 2. The molecule has 5 heteroatoms. The first kappa shape index (κ1) is 11.4. The summed E-state index contributed by atoms with van der Waals surface area (Å²) in [6, 6.07) is 0. The maximum Gasteiger partial charge on any atom is 0.247 e. The molecule has 2 saturated carbocycles. The maximum absolute atomic E-state index is 11.7. The summed E-state index contributed by atoms with van der Waals surface area (Å²) in [5.74, 6) is -1.22. The molecule has 5 nitrogen and oxygen atoms in total. The van der Waals surface area contributed by atoms with Gasteiger partial charge < -0.3 is 5.73 Å². The summed E-state index contributed by atoms with van der Waals surface area (Å²) in [6.07, 6.45) is 4.89. The van der Waals surface area contributed by atoms with Gasteiger partial charge in [0.25, 0.3) is 0 Å². The van der Waals surface area contributed by atoms with Crippen LogP contribution in [-0.2, 0) is 14.4 Å². The van der Waals surface area contributed by atoms with Gasteiger partial charge in [-0.1, -0.05) is 0 Å². The van der Waals surface area contributed by atoms with Crippen LogP contribution in [0.1, 0.15) is 32.1 Å². The molecule has 2 aliphatic carbocycles. The summed E-state index contributed by atoms with van der Waals surface area (Å²) >= 11 is 0. The van der Waals surface area contributed by atoms with Gasteiger partial charge in [-0.2, -0.15) is 0 Å². The van der Waals surface area contributed by atoms with Crippen molar-refractivity contribution in [2.75, 3.05) is 7.11 Å². The lowest BCUT2D eigenvalue weighted by molar-refractivity contribution is -0.143. The molecular formula is C11H18N2O3. The standard InChI is InChI=1S/C11H18N2O3/c1-16-13-10(15)7-2-3-11(4-5-11)6-8(7)9(12)14/h7-8H,2-6H2,1H3,(H2,12,14)(H,13,15). The Bertz CT molecular complexity index is 312. The molecule has 2 atom stereocenters.